The van der Waals surface area contributed by atoms with Crippen molar-refractivity contribution >= 4 is 5.97 Å². The minimum atomic E-state index is -0.737. The van der Waals surface area contributed by atoms with E-state index in [9.17, 15) is 4.79 Å². The summed E-state index contributed by atoms with van der Waals surface area (Å²) in [4.78, 5) is 10.6. The third-order valence-electron chi connectivity index (χ3n) is 3.19. The molecule has 0 aliphatic rings. The zero-order valence-corrected chi connectivity index (χ0v) is 12.4. The van der Waals surface area contributed by atoms with Gasteiger partial charge in [-0.1, -0.05) is 19.0 Å². The number of hydrogen-bond donors (Lipinski definition) is 2. The zero-order valence-electron chi connectivity index (χ0n) is 12.4. The van der Waals surface area contributed by atoms with Gasteiger partial charge in [0.15, 0.2) is 5.76 Å². The van der Waals surface area contributed by atoms with E-state index < -0.39 is 5.97 Å². The van der Waals surface area contributed by atoms with Gasteiger partial charge in [0.2, 0.25) is 0 Å². The summed E-state index contributed by atoms with van der Waals surface area (Å²) in [5, 5.41) is 15.9. The van der Waals surface area contributed by atoms with Crippen molar-refractivity contribution in [3.05, 3.63) is 17.5 Å². The van der Waals surface area contributed by atoms with Gasteiger partial charge in [0.1, 0.15) is 6.61 Å². The number of aliphatic carboxylic acids is 1. The molecule has 6 heteroatoms. The zero-order chi connectivity index (χ0) is 15.0. The molecule has 0 atom stereocenters. The fourth-order valence-corrected chi connectivity index (χ4v) is 1.86. The minimum Gasteiger partial charge on any atom is -0.481 e. The molecule has 0 saturated heterocycles. The summed E-state index contributed by atoms with van der Waals surface area (Å²) in [5.74, 6) is -0.0228. The van der Waals surface area contributed by atoms with E-state index in [1.807, 2.05) is 6.07 Å². The summed E-state index contributed by atoms with van der Waals surface area (Å²) < 4.78 is 10.0. The first kappa shape index (κ1) is 16.7. The molecule has 1 aromatic rings. The summed E-state index contributed by atoms with van der Waals surface area (Å²) in [6.07, 6.45) is 1.83. The highest BCUT2D eigenvalue weighted by molar-refractivity contribution is 5.66. The van der Waals surface area contributed by atoms with Gasteiger partial charge in [-0.15, -0.1) is 0 Å². The number of ether oxygens (including phenoxy) is 1. The van der Waals surface area contributed by atoms with Crippen LogP contribution in [-0.4, -0.2) is 29.9 Å². The second-order valence-corrected chi connectivity index (χ2v) is 5.70. The van der Waals surface area contributed by atoms with Gasteiger partial charge < -0.3 is 19.7 Å². The van der Waals surface area contributed by atoms with E-state index in [4.69, 9.17) is 14.4 Å². The molecule has 0 unspecified atom stereocenters. The normalized spacial score (nSPS) is 11.8. The van der Waals surface area contributed by atoms with E-state index >= 15 is 0 Å². The molecule has 1 rings (SSSR count). The molecular weight excluding hydrogens is 260 g/mol. The lowest BCUT2D eigenvalue weighted by Crippen LogP contribution is -2.23. The summed E-state index contributed by atoms with van der Waals surface area (Å²) in [6.45, 7) is 6.06. The third kappa shape index (κ3) is 6.68. The quantitative estimate of drug-likeness (QED) is 0.641. The molecule has 0 spiro atoms. The second kappa shape index (κ2) is 8.01. The van der Waals surface area contributed by atoms with Crippen LogP contribution in [0.25, 0.3) is 0 Å². The molecule has 6 nitrogen and oxygen atoms in total. The Bertz CT molecular complexity index is 415. The molecule has 1 aromatic heterocycles. The molecule has 20 heavy (non-hydrogen) atoms. The Kier molecular flexibility index (Phi) is 6.67. The van der Waals surface area contributed by atoms with Gasteiger partial charge in [-0.25, -0.2) is 0 Å². The van der Waals surface area contributed by atoms with Crippen molar-refractivity contribution in [2.75, 3.05) is 13.7 Å². The fraction of sp³-hybridized carbons (Fsp3) is 0.714. The van der Waals surface area contributed by atoms with E-state index in [1.165, 1.54) is 0 Å². The summed E-state index contributed by atoms with van der Waals surface area (Å²) in [6, 6.07) is 1.87. The van der Waals surface area contributed by atoms with Crippen molar-refractivity contribution in [2.45, 2.75) is 46.3 Å². The number of rotatable bonds is 10. The lowest BCUT2D eigenvalue weighted by Gasteiger charge is -2.23. The van der Waals surface area contributed by atoms with Crippen LogP contribution in [0.5, 0.6) is 0 Å². The molecule has 0 saturated carbocycles. The van der Waals surface area contributed by atoms with Crippen molar-refractivity contribution in [3.63, 3.8) is 0 Å². The first-order chi connectivity index (χ1) is 9.43. The number of methoxy groups -OCH3 is 1. The van der Waals surface area contributed by atoms with Gasteiger partial charge >= 0.3 is 5.97 Å². The maximum Gasteiger partial charge on any atom is 0.303 e. The largest absolute Gasteiger partial charge is 0.481 e. The molecule has 0 amide bonds. The maximum atomic E-state index is 10.6. The SMILES string of the molecule is COCc1cc(CNCCC(C)(C)CCC(=O)O)no1. The van der Waals surface area contributed by atoms with Gasteiger partial charge in [-0.3, -0.25) is 4.79 Å². The van der Waals surface area contributed by atoms with Crippen LogP contribution in [0.3, 0.4) is 0 Å². The number of nitrogens with one attached hydrogen (secondary N) is 1. The Balaban J connectivity index is 2.21. The van der Waals surface area contributed by atoms with Gasteiger partial charge in [-0.05, 0) is 24.8 Å². The third-order valence-corrected chi connectivity index (χ3v) is 3.19. The molecule has 0 fully saturated rings. The smallest absolute Gasteiger partial charge is 0.303 e. The van der Waals surface area contributed by atoms with Crippen LogP contribution in [0, 0.1) is 5.41 Å². The predicted molar refractivity (Wildman–Crippen MR) is 74.2 cm³/mol. The lowest BCUT2D eigenvalue weighted by atomic mass is 9.84. The molecule has 0 aliphatic heterocycles. The topological polar surface area (TPSA) is 84.6 Å². The van der Waals surface area contributed by atoms with Crippen LogP contribution in [-0.2, 0) is 22.7 Å². The Labute approximate surface area is 119 Å². The fourth-order valence-electron chi connectivity index (χ4n) is 1.86. The molecule has 0 bridgehead atoms. The first-order valence-corrected chi connectivity index (χ1v) is 6.79. The van der Waals surface area contributed by atoms with Crippen LogP contribution >= 0.6 is 0 Å². The predicted octanol–water partition coefficient (Wildman–Crippen LogP) is 2.19. The number of hydrogen-bond acceptors (Lipinski definition) is 5. The summed E-state index contributed by atoms with van der Waals surface area (Å²) in [7, 11) is 1.61. The highest BCUT2D eigenvalue weighted by atomic mass is 16.5. The van der Waals surface area contributed by atoms with E-state index in [-0.39, 0.29) is 11.8 Å². The van der Waals surface area contributed by atoms with E-state index in [0.29, 0.717) is 25.3 Å². The number of carboxylic acids is 1. The van der Waals surface area contributed by atoms with Crippen LogP contribution in [0.1, 0.15) is 44.6 Å². The minimum absolute atomic E-state index is 0.0242. The van der Waals surface area contributed by atoms with Crippen molar-refractivity contribution in [1.29, 1.82) is 0 Å². The van der Waals surface area contributed by atoms with Gasteiger partial charge in [0.05, 0.1) is 5.69 Å². The van der Waals surface area contributed by atoms with Gasteiger partial charge in [-0.2, -0.15) is 0 Å². The highest BCUT2D eigenvalue weighted by Crippen LogP contribution is 2.26. The number of aromatic nitrogens is 1. The number of carboxylic acid groups (broad SMARTS) is 1. The number of nitrogens with zero attached hydrogens (tertiary/aromatic N) is 1. The molecule has 0 radical (unpaired) electrons. The average molecular weight is 284 g/mol. The number of carbonyl (C=O) groups is 1. The summed E-state index contributed by atoms with van der Waals surface area (Å²) >= 11 is 0. The highest BCUT2D eigenvalue weighted by Gasteiger charge is 2.18. The second-order valence-electron chi connectivity index (χ2n) is 5.70. The van der Waals surface area contributed by atoms with Crippen LogP contribution in [0.2, 0.25) is 0 Å². The van der Waals surface area contributed by atoms with Crippen LogP contribution < -0.4 is 5.32 Å². The molecular formula is C14H24N2O4. The molecule has 2 N–H and O–H groups in total. The molecule has 0 aliphatic carbocycles. The van der Waals surface area contributed by atoms with Crippen molar-refractivity contribution in [2.24, 2.45) is 5.41 Å². The van der Waals surface area contributed by atoms with Crippen molar-refractivity contribution in [1.82, 2.24) is 10.5 Å². The molecule has 114 valence electrons. The Morgan fingerprint density at radius 1 is 1.50 bits per heavy atom. The maximum absolute atomic E-state index is 10.6. The van der Waals surface area contributed by atoms with Crippen molar-refractivity contribution in [3.8, 4) is 0 Å². The van der Waals surface area contributed by atoms with Crippen LogP contribution in [0.15, 0.2) is 10.6 Å². The molecule has 0 aromatic carbocycles. The average Bonchev–Trinajstić information content (AvgIpc) is 2.81. The summed E-state index contributed by atoms with van der Waals surface area (Å²) in [5.41, 5.74) is 0.872. The Hall–Kier alpha value is -1.40. The Morgan fingerprint density at radius 2 is 2.25 bits per heavy atom. The van der Waals surface area contributed by atoms with E-state index in [1.54, 1.807) is 7.11 Å². The van der Waals surface area contributed by atoms with Crippen LogP contribution in [0.4, 0.5) is 0 Å². The van der Waals surface area contributed by atoms with E-state index in [2.05, 4.69) is 24.3 Å². The Morgan fingerprint density at radius 3 is 2.90 bits per heavy atom. The molecule has 1 heterocycles. The van der Waals surface area contributed by atoms with Crippen molar-refractivity contribution < 1.29 is 19.2 Å². The van der Waals surface area contributed by atoms with Gasteiger partial charge in [0.25, 0.3) is 0 Å². The monoisotopic (exact) mass is 284 g/mol. The standard InChI is InChI=1S/C14H24N2O4/c1-14(2,5-4-13(17)18)6-7-15-9-11-8-12(10-19-3)20-16-11/h8,15H,4-7,9-10H2,1-3H3,(H,17,18). The first-order valence-electron chi connectivity index (χ1n) is 6.79. The van der Waals surface area contributed by atoms with E-state index in [0.717, 1.165) is 18.7 Å². The van der Waals surface area contributed by atoms with Gasteiger partial charge in [0, 0.05) is 26.1 Å². The lowest BCUT2D eigenvalue weighted by molar-refractivity contribution is -0.137.